The topological polar surface area (TPSA) is 55.2 Å². The molecule has 1 N–H and O–H groups in total. The molecule has 0 spiro atoms. The van der Waals surface area contributed by atoms with E-state index in [1.54, 1.807) is 6.07 Å². The molecular formula is C14H14Cl2N2O2. The first kappa shape index (κ1) is 12.7. The Labute approximate surface area is 126 Å². The molecule has 4 atom stereocenters. The van der Waals surface area contributed by atoms with Crippen LogP contribution in [0.25, 0.3) is 0 Å². The molecule has 0 aliphatic heterocycles. The monoisotopic (exact) mass is 312 g/mol. The van der Waals surface area contributed by atoms with Gasteiger partial charge in [-0.25, -0.2) is 0 Å². The van der Waals surface area contributed by atoms with Gasteiger partial charge in [0, 0.05) is 12.1 Å². The second kappa shape index (κ2) is 4.25. The molecule has 4 nitrogen and oxygen atoms in total. The summed E-state index contributed by atoms with van der Waals surface area (Å²) in [7, 11) is 0. The van der Waals surface area contributed by atoms with E-state index in [0.717, 1.165) is 11.8 Å². The van der Waals surface area contributed by atoms with Crippen LogP contribution in [0.3, 0.4) is 0 Å². The molecule has 0 saturated heterocycles. The molecule has 3 saturated carbocycles. The van der Waals surface area contributed by atoms with E-state index in [9.17, 15) is 10.1 Å². The lowest BCUT2D eigenvalue weighted by Gasteiger charge is -2.12. The predicted molar refractivity (Wildman–Crippen MR) is 78.3 cm³/mol. The van der Waals surface area contributed by atoms with Gasteiger partial charge in [-0.15, -0.1) is 0 Å². The SMILES string of the molecule is O=[N+]([O-])c1cc(Cl)c(Cl)cc1NC1C2C3CCC(C3)C12. The van der Waals surface area contributed by atoms with E-state index in [1.807, 2.05) is 0 Å². The number of nitro benzene ring substituents is 1. The third-order valence-electron chi connectivity index (χ3n) is 5.29. The molecule has 106 valence electrons. The number of benzene rings is 1. The fourth-order valence-electron chi connectivity index (χ4n) is 4.50. The quantitative estimate of drug-likeness (QED) is 0.666. The van der Waals surface area contributed by atoms with Crippen molar-refractivity contribution in [1.29, 1.82) is 0 Å². The van der Waals surface area contributed by atoms with Crippen LogP contribution in [0.15, 0.2) is 12.1 Å². The Hall–Kier alpha value is -1.00. The summed E-state index contributed by atoms with van der Waals surface area (Å²) in [5.41, 5.74) is 0.514. The normalized spacial score (nSPS) is 36.8. The van der Waals surface area contributed by atoms with Gasteiger partial charge in [-0.05, 0) is 49.0 Å². The van der Waals surface area contributed by atoms with E-state index in [0.29, 0.717) is 28.6 Å². The standard InChI is InChI=1S/C14H14Cl2N2O2/c15-8-4-10(11(18(19)20)5-9(8)16)17-14-12-6-1-2-7(3-6)13(12)14/h4-7,12-14,17H,1-3H2. The molecule has 3 aliphatic carbocycles. The lowest BCUT2D eigenvalue weighted by molar-refractivity contribution is -0.384. The second-order valence-corrected chi connectivity index (χ2v) is 7.01. The molecule has 4 rings (SSSR count). The van der Waals surface area contributed by atoms with Crippen molar-refractivity contribution in [2.24, 2.45) is 23.7 Å². The van der Waals surface area contributed by atoms with Crippen LogP contribution < -0.4 is 5.32 Å². The zero-order chi connectivity index (χ0) is 14.0. The Kier molecular flexibility index (Phi) is 2.70. The number of anilines is 1. The van der Waals surface area contributed by atoms with Crippen molar-refractivity contribution >= 4 is 34.6 Å². The van der Waals surface area contributed by atoms with E-state index in [1.165, 1.54) is 25.3 Å². The van der Waals surface area contributed by atoms with Crippen LogP contribution in [0.1, 0.15) is 19.3 Å². The van der Waals surface area contributed by atoms with Crippen LogP contribution in [-0.2, 0) is 0 Å². The maximum Gasteiger partial charge on any atom is 0.293 e. The lowest BCUT2D eigenvalue weighted by atomic mass is 10.0. The molecule has 20 heavy (non-hydrogen) atoms. The summed E-state index contributed by atoms with van der Waals surface area (Å²) >= 11 is 11.9. The lowest BCUT2D eigenvalue weighted by Crippen LogP contribution is -2.13. The minimum Gasteiger partial charge on any atom is -0.376 e. The van der Waals surface area contributed by atoms with E-state index in [2.05, 4.69) is 5.32 Å². The molecule has 3 fully saturated rings. The zero-order valence-electron chi connectivity index (χ0n) is 10.7. The van der Waals surface area contributed by atoms with Gasteiger partial charge < -0.3 is 5.32 Å². The molecule has 3 aliphatic rings. The van der Waals surface area contributed by atoms with Crippen molar-refractivity contribution in [3.8, 4) is 0 Å². The van der Waals surface area contributed by atoms with E-state index < -0.39 is 4.92 Å². The van der Waals surface area contributed by atoms with Gasteiger partial charge in [0.25, 0.3) is 5.69 Å². The van der Waals surface area contributed by atoms with Crippen molar-refractivity contribution in [1.82, 2.24) is 0 Å². The van der Waals surface area contributed by atoms with Crippen LogP contribution in [0.5, 0.6) is 0 Å². The summed E-state index contributed by atoms with van der Waals surface area (Å²) < 4.78 is 0. The van der Waals surface area contributed by atoms with Gasteiger partial charge in [-0.3, -0.25) is 10.1 Å². The maximum absolute atomic E-state index is 11.1. The summed E-state index contributed by atoms with van der Waals surface area (Å²) in [6.07, 6.45) is 4.01. The number of fused-ring (bicyclic) bond motifs is 5. The summed E-state index contributed by atoms with van der Waals surface area (Å²) in [4.78, 5) is 10.7. The number of hydrogen-bond acceptors (Lipinski definition) is 3. The Balaban J connectivity index is 1.61. The van der Waals surface area contributed by atoms with Crippen molar-refractivity contribution < 1.29 is 4.92 Å². The van der Waals surface area contributed by atoms with Gasteiger partial charge in [-0.2, -0.15) is 0 Å². The highest BCUT2D eigenvalue weighted by atomic mass is 35.5. The Morgan fingerprint density at radius 3 is 2.35 bits per heavy atom. The maximum atomic E-state index is 11.1. The Morgan fingerprint density at radius 1 is 1.15 bits per heavy atom. The van der Waals surface area contributed by atoms with Crippen LogP contribution in [0.4, 0.5) is 11.4 Å². The number of hydrogen-bond donors (Lipinski definition) is 1. The molecule has 1 aromatic carbocycles. The third kappa shape index (κ3) is 1.74. The van der Waals surface area contributed by atoms with Gasteiger partial charge in [0.05, 0.1) is 15.0 Å². The van der Waals surface area contributed by atoms with Crippen LogP contribution in [-0.4, -0.2) is 11.0 Å². The summed E-state index contributed by atoms with van der Waals surface area (Å²) in [6.45, 7) is 0. The zero-order valence-corrected chi connectivity index (χ0v) is 12.2. The Bertz CT molecular complexity index is 591. The highest BCUT2D eigenvalue weighted by Gasteiger charge is 2.65. The van der Waals surface area contributed by atoms with Gasteiger partial charge in [0.15, 0.2) is 0 Å². The first-order valence-electron chi connectivity index (χ1n) is 6.96. The first-order chi connectivity index (χ1) is 9.56. The molecule has 0 aromatic heterocycles. The largest absolute Gasteiger partial charge is 0.376 e. The van der Waals surface area contributed by atoms with Crippen molar-refractivity contribution in [2.75, 3.05) is 5.32 Å². The van der Waals surface area contributed by atoms with Crippen LogP contribution in [0.2, 0.25) is 10.0 Å². The first-order valence-corrected chi connectivity index (χ1v) is 7.72. The highest BCUT2D eigenvalue weighted by Crippen LogP contribution is 2.66. The summed E-state index contributed by atoms with van der Waals surface area (Å²) in [5, 5.41) is 15.1. The molecule has 1 aromatic rings. The average molecular weight is 313 g/mol. The smallest absolute Gasteiger partial charge is 0.293 e. The molecule has 6 heteroatoms. The average Bonchev–Trinajstić information content (AvgIpc) is 2.81. The van der Waals surface area contributed by atoms with E-state index in [-0.39, 0.29) is 10.7 Å². The minimum atomic E-state index is -0.405. The van der Waals surface area contributed by atoms with Gasteiger partial charge in [0.2, 0.25) is 0 Å². The molecule has 0 radical (unpaired) electrons. The van der Waals surface area contributed by atoms with Crippen molar-refractivity contribution in [2.45, 2.75) is 25.3 Å². The summed E-state index contributed by atoms with van der Waals surface area (Å²) in [5.74, 6) is 3.07. The Morgan fingerprint density at radius 2 is 1.75 bits per heavy atom. The van der Waals surface area contributed by atoms with E-state index in [4.69, 9.17) is 23.2 Å². The number of halogens is 2. The van der Waals surface area contributed by atoms with Gasteiger partial charge >= 0.3 is 0 Å². The second-order valence-electron chi connectivity index (χ2n) is 6.20. The number of nitrogens with one attached hydrogen (secondary N) is 1. The van der Waals surface area contributed by atoms with Crippen molar-refractivity contribution in [3.05, 3.63) is 32.3 Å². The van der Waals surface area contributed by atoms with Gasteiger partial charge in [0.1, 0.15) is 5.69 Å². The minimum absolute atomic E-state index is 0.0109. The molecule has 0 amide bonds. The van der Waals surface area contributed by atoms with Crippen LogP contribution >= 0.6 is 23.2 Å². The van der Waals surface area contributed by atoms with Crippen LogP contribution in [0, 0.1) is 33.8 Å². The van der Waals surface area contributed by atoms with Gasteiger partial charge in [-0.1, -0.05) is 23.2 Å². The van der Waals surface area contributed by atoms with Crippen molar-refractivity contribution in [3.63, 3.8) is 0 Å². The number of rotatable bonds is 3. The number of nitrogens with zero attached hydrogens (tertiary/aromatic N) is 1. The third-order valence-corrected chi connectivity index (χ3v) is 6.01. The molecule has 0 heterocycles. The predicted octanol–water partition coefficient (Wildman–Crippen LogP) is 4.36. The number of nitro groups is 1. The molecule has 4 unspecified atom stereocenters. The fraction of sp³-hybridized carbons (Fsp3) is 0.571. The molecular weight excluding hydrogens is 299 g/mol. The summed E-state index contributed by atoms with van der Waals surface area (Å²) in [6, 6.07) is 3.30. The van der Waals surface area contributed by atoms with E-state index >= 15 is 0 Å². The molecule has 2 bridgehead atoms. The highest BCUT2D eigenvalue weighted by molar-refractivity contribution is 6.42. The fourth-order valence-corrected chi connectivity index (χ4v) is 4.82.